The molecule has 6 nitrogen and oxygen atoms in total. The zero-order valence-corrected chi connectivity index (χ0v) is 18.2. The minimum absolute atomic E-state index is 0.000897. The van der Waals surface area contributed by atoms with Crippen LogP contribution in [0.15, 0.2) is 64.3 Å². The van der Waals surface area contributed by atoms with Crippen molar-refractivity contribution < 1.29 is 9.59 Å². The van der Waals surface area contributed by atoms with Gasteiger partial charge in [-0.1, -0.05) is 30.3 Å². The lowest BCUT2D eigenvalue weighted by Crippen LogP contribution is -2.39. The van der Waals surface area contributed by atoms with Crippen molar-refractivity contribution in [2.45, 2.75) is 44.8 Å². The van der Waals surface area contributed by atoms with Crippen molar-refractivity contribution in [1.29, 1.82) is 0 Å². The minimum atomic E-state index is -0.539. The Labute approximate surface area is 184 Å². The number of benzene rings is 1. The molecule has 0 bridgehead atoms. The lowest BCUT2D eigenvalue weighted by molar-refractivity contribution is 0.0938. The number of carbonyl (C=O) groups excluding carboxylic acids is 2. The number of hydrogen-bond donors (Lipinski definition) is 2. The molecule has 1 aliphatic rings. The van der Waals surface area contributed by atoms with E-state index in [4.69, 9.17) is 0 Å². The van der Waals surface area contributed by atoms with Crippen LogP contribution in [0, 0.1) is 0 Å². The van der Waals surface area contributed by atoms with Gasteiger partial charge in [0, 0.05) is 31.0 Å². The second-order valence-corrected chi connectivity index (χ2v) is 8.81. The number of nitrogens with zero attached hydrogens (tertiary/aromatic N) is 1. The van der Waals surface area contributed by atoms with E-state index in [0.29, 0.717) is 13.0 Å². The number of hydrogen-bond acceptors (Lipinski definition) is 4. The monoisotopic (exact) mass is 435 g/mol. The maximum Gasteiger partial charge on any atom is 0.256 e. The van der Waals surface area contributed by atoms with Crippen molar-refractivity contribution in [3.63, 3.8) is 0 Å². The summed E-state index contributed by atoms with van der Waals surface area (Å²) in [5.74, 6) is -0.883. The van der Waals surface area contributed by atoms with Gasteiger partial charge in [0.15, 0.2) is 0 Å². The lowest BCUT2D eigenvalue weighted by Gasteiger charge is -2.15. The van der Waals surface area contributed by atoms with Gasteiger partial charge in [-0.3, -0.25) is 14.4 Å². The Balaban J connectivity index is 1.60. The Morgan fingerprint density at radius 3 is 2.42 bits per heavy atom. The molecule has 1 unspecified atom stereocenters. The zero-order chi connectivity index (χ0) is 21.8. The molecule has 0 radical (unpaired) electrons. The Morgan fingerprint density at radius 2 is 1.77 bits per heavy atom. The molecule has 1 aromatic carbocycles. The highest BCUT2D eigenvalue weighted by molar-refractivity contribution is 7.07. The quantitative estimate of drug-likeness (QED) is 0.570. The van der Waals surface area contributed by atoms with Crippen molar-refractivity contribution in [2.24, 2.45) is 0 Å². The van der Waals surface area contributed by atoms with Crippen LogP contribution in [0.4, 0.5) is 0 Å². The van der Waals surface area contributed by atoms with Crippen LogP contribution in [0.1, 0.15) is 51.6 Å². The van der Waals surface area contributed by atoms with Crippen LogP contribution in [0.3, 0.4) is 0 Å². The van der Waals surface area contributed by atoms with Crippen LogP contribution in [0.2, 0.25) is 0 Å². The van der Waals surface area contributed by atoms with Gasteiger partial charge in [0.05, 0.1) is 0 Å². The van der Waals surface area contributed by atoms with E-state index >= 15 is 0 Å². The van der Waals surface area contributed by atoms with Gasteiger partial charge in [0.25, 0.3) is 11.8 Å². The first kappa shape index (κ1) is 21.1. The predicted octanol–water partition coefficient (Wildman–Crippen LogP) is 3.21. The fraction of sp³-hybridized carbons (Fsp3) is 0.292. The summed E-state index contributed by atoms with van der Waals surface area (Å²) < 4.78 is 1.73. The first-order valence-electron chi connectivity index (χ1n) is 10.4. The molecule has 1 atom stereocenters. The fourth-order valence-corrected chi connectivity index (χ4v) is 4.13. The summed E-state index contributed by atoms with van der Waals surface area (Å²) in [6.45, 7) is 2.36. The molecular weight excluding hydrogens is 410 g/mol. The summed E-state index contributed by atoms with van der Waals surface area (Å²) in [6, 6.07) is 11.7. The lowest BCUT2D eigenvalue weighted by atomic mass is 10.1. The molecule has 0 spiro atoms. The average molecular weight is 436 g/mol. The molecule has 3 aromatic rings. The summed E-state index contributed by atoms with van der Waals surface area (Å²) in [4.78, 5) is 38.7. The highest BCUT2D eigenvalue weighted by atomic mass is 32.1. The largest absolute Gasteiger partial charge is 0.349 e. The first-order chi connectivity index (χ1) is 15.0. The zero-order valence-electron chi connectivity index (χ0n) is 17.3. The van der Waals surface area contributed by atoms with Crippen molar-refractivity contribution in [3.05, 3.63) is 92.0 Å². The third-order valence-corrected chi connectivity index (χ3v) is 5.92. The maximum absolute atomic E-state index is 13.0. The van der Waals surface area contributed by atoms with E-state index in [0.717, 1.165) is 24.0 Å². The number of pyridine rings is 1. The van der Waals surface area contributed by atoms with Crippen molar-refractivity contribution >= 4 is 23.2 Å². The highest BCUT2D eigenvalue weighted by Crippen LogP contribution is 2.19. The molecule has 1 aliphatic carbocycles. The Hall–Kier alpha value is -3.19. The minimum Gasteiger partial charge on any atom is -0.349 e. The molecule has 1 fully saturated rings. The molecule has 0 saturated heterocycles. The standard InChI is InChI=1S/C24H25N3O3S/c1-16(11-18-9-10-31-15-18)25-23(29)20-13-27(12-17-5-3-2-4-6-17)14-21(22(20)28)24(30)26-19-7-8-19/h2-6,9-10,13-16,19H,7-8,11-12H2,1H3,(H,25,29)(H,26,30). The van der Waals surface area contributed by atoms with E-state index in [1.54, 1.807) is 22.1 Å². The summed E-state index contributed by atoms with van der Waals surface area (Å²) >= 11 is 1.61. The summed E-state index contributed by atoms with van der Waals surface area (Å²) in [5, 5.41) is 9.80. The molecule has 4 rings (SSSR count). The van der Waals surface area contributed by atoms with E-state index in [1.807, 2.05) is 54.1 Å². The van der Waals surface area contributed by atoms with Gasteiger partial charge in [-0.25, -0.2) is 0 Å². The number of thiophene rings is 1. The molecule has 2 aromatic heterocycles. The first-order valence-corrected chi connectivity index (χ1v) is 11.3. The smallest absolute Gasteiger partial charge is 0.256 e. The molecule has 0 aliphatic heterocycles. The van der Waals surface area contributed by atoms with Crippen LogP contribution in [-0.2, 0) is 13.0 Å². The molecule has 2 amide bonds. The van der Waals surface area contributed by atoms with Crippen molar-refractivity contribution in [2.75, 3.05) is 0 Å². The van der Waals surface area contributed by atoms with E-state index in [2.05, 4.69) is 10.6 Å². The molecule has 7 heteroatoms. The maximum atomic E-state index is 13.0. The predicted molar refractivity (Wildman–Crippen MR) is 122 cm³/mol. The number of rotatable bonds is 8. The summed E-state index contributed by atoms with van der Waals surface area (Å²) in [6.07, 6.45) is 5.60. The summed E-state index contributed by atoms with van der Waals surface area (Å²) in [5.41, 5.74) is 1.59. The third kappa shape index (κ3) is 5.49. The molecule has 2 N–H and O–H groups in total. The van der Waals surface area contributed by atoms with Crippen LogP contribution in [0.5, 0.6) is 0 Å². The number of amides is 2. The summed E-state index contributed by atoms with van der Waals surface area (Å²) in [7, 11) is 0. The van der Waals surface area contributed by atoms with Gasteiger partial charge in [-0.15, -0.1) is 0 Å². The van der Waals surface area contributed by atoms with Gasteiger partial charge >= 0.3 is 0 Å². The Morgan fingerprint density at radius 1 is 1.06 bits per heavy atom. The van der Waals surface area contributed by atoms with Crippen molar-refractivity contribution in [3.8, 4) is 0 Å². The van der Waals surface area contributed by atoms with E-state index in [1.165, 1.54) is 6.20 Å². The topological polar surface area (TPSA) is 80.2 Å². The molecular formula is C24H25N3O3S. The van der Waals surface area contributed by atoms with Gasteiger partial charge < -0.3 is 15.2 Å². The van der Waals surface area contributed by atoms with Gasteiger partial charge in [-0.2, -0.15) is 11.3 Å². The number of carbonyl (C=O) groups is 2. The molecule has 1 saturated carbocycles. The van der Waals surface area contributed by atoms with Crippen LogP contribution in [0.25, 0.3) is 0 Å². The highest BCUT2D eigenvalue weighted by Gasteiger charge is 2.27. The van der Waals surface area contributed by atoms with E-state index in [9.17, 15) is 14.4 Å². The normalized spacial score (nSPS) is 14.1. The third-order valence-electron chi connectivity index (χ3n) is 5.19. The van der Waals surface area contributed by atoms with Gasteiger partial charge in [0.2, 0.25) is 5.43 Å². The second kappa shape index (κ2) is 9.31. The van der Waals surface area contributed by atoms with E-state index < -0.39 is 17.2 Å². The van der Waals surface area contributed by atoms with Gasteiger partial charge in [0.1, 0.15) is 11.1 Å². The second-order valence-electron chi connectivity index (χ2n) is 8.03. The van der Waals surface area contributed by atoms with Gasteiger partial charge in [-0.05, 0) is 54.1 Å². The van der Waals surface area contributed by atoms with E-state index in [-0.39, 0.29) is 23.2 Å². The molecule has 31 heavy (non-hydrogen) atoms. The van der Waals surface area contributed by atoms with Crippen molar-refractivity contribution in [1.82, 2.24) is 15.2 Å². The molecule has 160 valence electrons. The number of aromatic nitrogens is 1. The average Bonchev–Trinajstić information content (AvgIpc) is 3.41. The van der Waals surface area contributed by atoms with Crippen LogP contribution in [-0.4, -0.2) is 28.5 Å². The SMILES string of the molecule is CC(Cc1ccsc1)NC(=O)c1cn(Cc2ccccc2)cc(C(=O)NC2CC2)c1=O. The fourth-order valence-electron chi connectivity index (χ4n) is 3.45. The van der Waals surface area contributed by atoms with Crippen LogP contribution >= 0.6 is 11.3 Å². The Bertz CT molecular complexity index is 1120. The number of nitrogens with one attached hydrogen (secondary N) is 2. The molecule has 2 heterocycles. The Kier molecular flexibility index (Phi) is 6.32. The van der Waals surface area contributed by atoms with Crippen LogP contribution < -0.4 is 16.1 Å².